The lowest BCUT2D eigenvalue weighted by Crippen LogP contribution is -2.42. The smallest absolute Gasteiger partial charge is 0.0919 e. The van der Waals surface area contributed by atoms with Gasteiger partial charge >= 0.3 is 0 Å². The average Bonchev–Trinajstić information content (AvgIpc) is 2.41. The molecule has 1 aromatic carbocycles. The topological polar surface area (TPSA) is 43.7 Å². The molecule has 0 aliphatic carbocycles. The third-order valence-electron chi connectivity index (χ3n) is 4.40. The van der Waals surface area contributed by atoms with Gasteiger partial charge in [0.2, 0.25) is 0 Å². The zero-order valence-electron chi connectivity index (χ0n) is 12.7. The number of hydrogen-bond acceptors (Lipinski definition) is 3. The lowest BCUT2D eigenvalue weighted by molar-refractivity contribution is 0.0562. The zero-order valence-corrected chi connectivity index (χ0v) is 12.7. The van der Waals surface area contributed by atoms with E-state index in [1.165, 1.54) is 18.4 Å². The Morgan fingerprint density at radius 3 is 2.80 bits per heavy atom. The molecule has 1 fully saturated rings. The number of piperidine rings is 1. The zero-order chi connectivity index (χ0) is 14.5. The second-order valence-electron chi connectivity index (χ2n) is 6.03. The van der Waals surface area contributed by atoms with Crippen molar-refractivity contribution in [3.63, 3.8) is 0 Å². The van der Waals surface area contributed by atoms with Gasteiger partial charge in [0.15, 0.2) is 0 Å². The van der Waals surface area contributed by atoms with Gasteiger partial charge < -0.3 is 10.2 Å². The minimum Gasteiger partial charge on any atom is -0.396 e. The third-order valence-corrected chi connectivity index (χ3v) is 4.40. The summed E-state index contributed by atoms with van der Waals surface area (Å²) in [6.07, 6.45) is 3.96. The Morgan fingerprint density at radius 1 is 1.30 bits per heavy atom. The fourth-order valence-electron chi connectivity index (χ4n) is 3.30. The molecule has 1 heterocycles. The van der Waals surface area contributed by atoms with Crippen molar-refractivity contribution in [1.82, 2.24) is 4.90 Å². The summed E-state index contributed by atoms with van der Waals surface area (Å²) < 4.78 is 0. The van der Waals surface area contributed by atoms with Gasteiger partial charge in [-0.1, -0.05) is 30.2 Å². The van der Waals surface area contributed by atoms with Crippen LogP contribution in [0.5, 0.6) is 0 Å². The highest BCUT2D eigenvalue weighted by Crippen LogP contribution is 2.25. The lowest BCUT2D eigenvalue weighted by atomic mass is 9.96. The number of aliphatic hydroxyl groups excluding tert-OH is 2. The van der Waals surface area contributed by atoms with Gasteiger partial charge in [-0.15, -0.1) is 0 Å². The van der Waals surface area contributed by atoms with Crippen LogP contribution in [0.4, 0.5) is 0 Å². The van der Waals surface area contributed by atoms with Gasteiger partial charge in [0, 0.05) is 19.2 Å². The number of rotatable bonds is 5. The lowest BCUT2D eigenvalue weighted by Gasteiger charge is -2.37. The summed E-state index contributed by atoms with van der Waals surface area (Å²) in [4.78, 5) is 2.35. The first kappa shape index (κ1) is 15.5. The van der Waals surface area contributed by atoms with Crippen LogP contribution in [0.25, 0.3) is 0 Å². The predicted octanol–water partition coefficient (Wildman–Crippen LogP) is 2.57. The summed E-state index contributed by atoms with van der Waals surface area (Å²) in [7, 11) is 0. The monoisotopic (exact) mass is 277 g/mol. The van der Waals surface area contributed by atoms with Crippen molar-refractivity contribution < 1.29 is 10.2 Å². The van der Waals surface area contributed by atoms with Crippen molar-refractivity contribution in [2.75, 3.05) is 19.7 Å². The van der Waals surface area contributed by atoms with E-state index in [4.69, 9.17) is 0 Å². The fourth-order valence-corrected chi connectivity index (χ4v) is 3.30. The second kappa shape index (κ2) is 7.21. The van der Waals surface area contributed by atoms with E-state index in [1.807, 2.05) is 6.07 Å². The summed E-state index contributed by atoms with van der Waals surface area (Å²) >= 11 is 0. The van der Waals surface area contributed by atoms with Crippen molar-refractivity contribution in [1.29, 1.82) is 0 Å². The SMILES string of the molecule is Cc1ccc(C(O)CN2CCCCC2CCO)c(C)c1. The molecule has 1 aliphatic heterocycles. The Morgan fingerprint density at radius 2 is 2.10 bits per heavy atom. The first-order valence-electron chi connectivity index (χ1n) is 7.72. The molecule has 20 heavy (non-hydrogen) atoms. The molecule has 1 aromatic rings. The molecule has 1 aliphatic rings. The molecule has 112 valence electrons. The Bertz CT molecular complexity index is 431. The Balaban J connectivity index is 2.03. The largest absolute Gasteiger partial charge is 0.396 e. The maximum atomic E-state index is 10.5. The Labute approximate surface area is 122 Å². The van der Waals surface area contributed by atoms with Gasteiger partial charge in [0.25, 0.3) is 0 Å². The van der Waals surface area contributed by atoms with E-state index in [0.717, 1.165) is 30.5 Å². The van der Waals surface area contributed by atoms with Gasteiger partial charge in [-0.2, -0.15) is 0 Å². The Hall–Kier alpha value is -0.900. The maximum absolute atomic E-state index is 10.5. The number of aryl methyl sites for hydroxylation is 2. The van der Waals surface area contributed by atoms with Crippen LogP contribution in [0.3, 0.4) is 0 Å². The first-order chi connectivity index (χ1) is 9.61. The second-order valence-corrected chi connectivity index (χ2v) is 6.03. The first-order valence-corrected chi connectivity index (χ1v) is 7.72. The number of benzene rings is 1. The van der Waals surface area contributed by atoms with Crippen LogP contribution in [-0.4, -0.2) is 40.9 Å². The van der Waals surface area contributed by atoms with Crippen LogP contribution in [-0.2, 0) is 0 Å². The number of β-amino-alcohol motifs (C(OH)–C–C–N with tert-alkyl or cyclic N) is 1. The normalized spacial score (nSPS) is 21.9. The molecule has 0 radical (unpaired) electrons. The van der Waals surface area contributed by atoms with E-state index in [0.29, 0.717) is 12.6 Å². The van der Waals surface area contributed by atoms with Gasteiger partial charge in [-0.05, 0) is 50.8 Å². The molecule has 2 unspecified atom stereocenters. The van der Waals surface area contributed by atoms with Gasteiger partial charge in [0.05, 0.1) is 6.10 Å². The standard InChI is InChI=1S/C17H27NO2/c1-13-6-7-16(14(2)11-13)17(20)12-18-9-4-3-5-15(18)8-10-19/h6-7,11,15,17,19-20H,3-5,8-10,12H2,1-2H3. The number of aliphatic hydroxyl groups is 2. The molecule has 0 spiro atoms. The summed E-state index contributed by atoms with van der Waals surface area (Å²) in [5.41, 5.74) is 3.42. The van der Waals surface area contributed by atoms with E-state index in [9.17, 15) is 10.2 Å². The van der Waals surface area contributed by atoms with Crippen molar-refractivity contribution >= 4 is 0 Å². The maximum Gasteiger partial charge on any atom is 0.0919 e. The number of hydrogen-bond donors (Lipinski definition) is 2. The quantitative estimate of drug-likeness (QED) is 0.869. The molecule has 0 aromatic heterocycles. The minimum atomic E-state index is -0.435. The highest BCUT2D eigenvalue weighted by molar-refractivity contribution is 5.32. The minimum absolute atomic E-state index is 0.237. The van der Waals surface area contributed by atoms with Gasteiger partial charge in [0.1, 0.15) is 0 Å². The van der Waals surface area contributed by atoms with Crippen LogP contribution in [0.2, 0.25) is 0 Å². The molecular formula is C17H27NO2. The fraction of sp³-hybridized carbons (Fsp3) is 0.647. The molecule has 3 heteroatoms. The average molecular weight is 277 g/mol. The number of likely N-dealkylation sites (tertiary alicyclic amines) is 1. The highest BCUT2D eigenvalue weighted by atomic mass is 16.3. The molecule has 0 bridgehead atoms. The molecule has 1 saturated heterocycles. The van der Waals surface area contributed by atoms with Crippen LogP contribution in [0.1, 0.15) is 48.5 Å². The van der Waals surface area contributed by atoms with Crippen molar-refractivity contribution in [2.24, 2.45) is 0 Å². The van der Waals surface area contributed by atoms with E-state index < -0.39 is 6.10 Å². The summed E-state index contributed by atoms with van der Waals surface area (Å²) in [5.74, 6) is 0. The Kier molecular flexibility index (Phi) is 5.58. The van der Waals surface area contributed by atoms with Crippen molar-refractivity contribution in [3.05, 3.63) is 34.9 Å². The van der Waals surface area contributed by atoms with Crippen molar-refractivity contribution in [3.8, 4) is 0 Å². The van der Waals surface area contributed by atoms with Crippen LogP contribution >= 0.6 is 0 Å². The van der Waals surface area contributed by atoms with Crippen LogP contribution < -0.4 is 0 Å². The van der Waals surface area contributed by atoms with E-state index >= 15 is 0 Å². The molecular weight excluding hydrogens is 250 g/mol. The molecule has 3 nitrogen and oxygen atoms in total. The molecule has 0 amide bonds. The van der Waals surface area contributed by atoms with Gasteiger partial charge in [-0.25, -0.2) is 0 Å². The van der Waals surface area contributed by atoms with Crippen molar-refractivity contribution in [2.45, 2.75) is 51.7 Å². The summed E-state index contributed by atoms with van der Waals surface area (Å²) in [6, 6.07) is 6.65. The third kappa shape index (κ3) is 3.81. The molecule has 0 saturated carbocycles. The van der Waals surface area contributed by atoms with E-state index in [2.05, 4.69) is 30.9 Å². The van der Waals surface area contributed by atoms with E-state index in [-0.39, 0.29) is 6.61 Å². The summed E-state index contributed by atoms with van der Waals surface area (Å²) in [6.45, 7) is 6.08. The summed E-state index contributed by atoms with van der Waals surface area (Å²) in [5, 5.41) is 19.7. The van der Waals surface area contributed by atoms with Crippen LogP contribution in [0.15, 0.2) is 18.2 Å². The number of nitrogens with zero attached hydrogens (tertiary/aromatic N) is 1. The highest BCUT2D eigenvalue weighted by Gasteiger charge is 2.24. The van der Waals surface area contributed by atoms with Gasteiger partial charge in [-0.3, -0.25) is 4.90 Å². The predicted molar refractivity (Wildman–Crippen MR) is 81.8 cm³/mol. The van der Waals surface area contributed by atoms with Crippen LogP contribution in [0, 0.1) is 13.8 Å². The van der Waals surface area contributed by atoms with E-state index in [1.54, 1.807) is 0 Å². The molecule has 2 N–H and O–H groups in total. The molecule has 2 atom stereocenters. The molecule has 2 rings (SSSR count).